The van der Waals surface area contributed by atoms with E-state index < -0.39 is 5.82 Å². The lowest BCUT2D eigenvalue weighted by molar-refractivity contribution is 0.0430. The number of hydrogen-bond acceptors (Lipinski definition) is 5. The number of nitrogens with one attached hydrogen (secondary N) is 1. The molecule has 0 aliphatic carbocycles. The summed E-state index contributed by atoms with van der Waals surface area (Å²) in [6, 6.07) is 2.57. The standard InChI is InChI=1S/C18H19FN4O3/c1-10-15(11(2)26-22-10)8-25-13-3-4-23(7-13)18(24)14-5-12(19)6-16-17(14)21-9-20-16/h5-6,9,13H,3-4,7-8H2,1-2H3,(H,20,21). The molecule has 8 heteroatoms. The number of aromatic amines is 1. The lowest BCUT2D eigenvalue weighted by atomic mass is 10.1. The SMILES string of the molecule is Cc1noc(C)c1COC1CCN(C(=O)c2cc(F)cc3[nH]cnc23)C1. The summed E-state index contributed by atoms with van der Waals surface area (Å²) in [6.07, 6.45) is 2.12. The molecule has 1 aliphatic rings. The highest BCUT2D eigenvalue weighted by atomic mass is 19.1. The predicted molar refractivity (Wildman–Crippen MR) is 91.1 cm³/mol. The first kappa shape index (κ1) is 16.7. The minimum atomic E-state index is -0.462. The summed E-state index contributed by atoms with van der Waals surface area (Å²) in [4.78, 5) is 21.5. The van der Waals surface area contributed by atoms with Crippen molar-refractivity contribution in [2.75, 3.05) is 13.1 Å². The molecule has 1 atom stereocenters. The van der Waals surface area contributed by atoms with Crippen LogP contribution in [0.5, 0.6) is 0 Å². The number of benzene rings is 1. The van der Waals surface area contributed by atoms with Crippen molar-refractivity contribution in [1.82, 2.24) is 20.0 Å². The van der Waals surface area contributed by atoms with Crippen LogP contribution >= 0.6 is 0 Å². The molecular formula is C18H19FN4O3. The number of carbonyl (C=O) groups excluding carboxylic acids is 1. The van der Waals surface area contributed by atoms with Gasteiger partial charge in [0.25, 0.3) is 5.91 Å². The van der Waals surface area contributed by atoms with Crippen LogP contribution in [0.4, 0.5) is 4.39 Å². The second kappa shape index (κ2) is 6.53. The lowest BCUT2D eigenvalue weighted by Crippen LogP contribution is -2.30. The Morgan fingerprint density at radius 1 is 1.46 bits per heavy atom. The van der Waals surface area contributed by atoms with E-state index in [1.807, 2.05) is 13.8 Å². The summed E-state index contributed by atoms with van der Waals surface area (Å²) in [5.41, 5.74) is 3.02. The number of H-pyrrole nitrogens is 1. The third kappa shape index (κ3) is 2.96. The zero-order chi connectivity index (χ0) is 18.3. The number of hydrogen-bond donors (Lipinski definition) is 1. The molecule has 1 aromatic carbocycles. The van der Waals surface area contributed by atoms with Gasteiger partial charge in [-0.2, -0.15) is 0 Å². The molecule has 0 bridgehead atoms. The summed E-state index contributed by atoms with van der Waals surface area (Å²) in [5, 5.41) is 3.91. The van der Waals surface area contributed by atoms with Gasteiger partial charge in [-0.3, -0.25) is 4.79 Å². The summed E-state index contributed by atoms with van der Waals surface area (Å²) in [6.45, 7) is 5.15. The van der Waals surface area contributed by atoms with Crippen LogP contribution < -0.4 is 0 Å². The number of carbonyl (C=O) groups is 1. The second-order valence-electron chi connectivity index (χ2n) is 6.53. The monoisotopic (exact) mass is 358 g/mol. The van der Waals surface area contributed by atoms with Gasteiger partial charge in [-0.25, -0.2) is 9.37 Å². The molecule has 1 aliphatic heterocycles. The third-order valence-corrected chi connectivity index (χ3v) is 4.80. The van der Waals surface area contributed by atoms with Crippen molar-refractivity contribution in [2.45, 2.75) is 33.0 Å². The van der Waals surface area contributed by atoms with E-state index in [0.29, 0.717) is 30.7 Å². The molecule has 136 valence electrons. The van der Waals surface area contributed by atoms with E-state index >= 15 is 0 Å². The van der Waals surface area contributed by atoms with Crippen LogP contribution in [0.2, 0.25) is 0 Å². The number of imidazole rings is 1. The predicted octanol–water partition coefficient (Wildman–Crippen LogP) is 2.74. The molecule has 3 aromatic rings. The molecule has 26 heavy (non-hydrogen) atoms. The van der Waals surface area contributed by atoms with Gasteiger partial charge in [0.2, 0.25) is 0 Å². The first-order chi connectivity index (χ1) is 12.5. The fourth-order valence-corrected chi connectivity index (χ4v) is 3.31. The van der Waals surface area contributed by atoms with Gasteiger partial charge in [-0.1, -0.05) is 5.16 Å². The molecule has 1 amide bonds. The molecule has 3 heterocycles. The minimum Gasteiger partial charge on any atom is -0.371 e. The topological polar surface area (TPSA) is 84.3 Å². The highest BCUT2D eigenvalue weighted by Crippen LogP contribution is 2.23. The Morgan fingerprint density at radius 3 is 3.08 bits per heavy atom. The zero-order valence-electron chi connectivity index (χ0n) is 14.6. The Labute approximate surface area is 149 Å². The van der Waals surface area contributed by atoms with Crippen LogP contribution in [-0.4, -0.2) is 45.1 Å². The van der Waals surface area contributed by atoms with Crippen molar-refractivity contribution >= 4 is 16.9 Å². The average Bonchev–Trinajstić information content (AvgIpc) is 3.33. The van der Waals surface area contributed by atoms with Gasteiger partial charge in [0.15, 0.2) is 0 Å². The lowest BCUT2D eigenvalue weighted by Gasteiger charge is -2.17. The molecule has 1 N–H and O–H groups in total. The number of rotatable bonds is 4. The Bertz CT molecular complexity index is 945. The van der Waals surface area contributed by atoms with Gasteiger partial charge >= 0.3 is 0 Å². The zero-order valence-corrected chi connectivity index (χ0v) is 14.6. The van der Waals surface area contributed by atoms with Crippen LogP contribution in [0.15, 0.2) is 23.0 Å². The average molecular weight is 358 g/mol. The number of fused-ring (bicyclic) bond motifs is 1. The van der Waals surface area contributed by atoms with Crippen molar-refractivity contribution in [3.63, 3.8) is 0 Å². The molecule has 7 nitrogen and oxygen atoms in total. The van der Waals surface area contributed by atoms with Crippen LogP contribution in [0.1, 0.15) is 33.8 Å². The molecule has 0 radical (unpaired) electrons. The van der Waals surface area contributed by atoms with Crippen molar-refractivity contribution in [3.8, 4) is 0 Å². The maximum Gasteiger partial charge on any atom is 0.256 e. The van der Waals surface area contributed by atoms with E-state index in [9.17, 15) is 9.18 Å². The molecule has 0 saturated carbocycles. The van der Waals surface area contributed by atoms with Gasteiger partial charge in [-0.05, 0) is 32.4 Å². The number of likely N-dealkylation sites (tertiary alicyclic amines) is 1. The Balaban J connectivity index is 1.45. The summed E-state index contributed by atoms with van der Waals surface area (Å²) < 4.78 is 24.9. The Kier molecular flexibility index (Phi) is 4.20. The molecule has 1 saturated heterocycles. The number of aromatic nitrogens is 3. The van der Waals surface area contributed by atoms with E-state index in [2.05, 4.69) is 15.1 Å². The van der Waals surface area contributed by atoms with Gasteiger partial charge in [-0.15, -0.1) is 0 Å². The van der Waals surface area contributed by atoms with Crippen LogP contribution in [0.3, 0.4) is 0 Å². The smallest absolute Gasteiger partial charge is 0.256 e. The van der Waals surface area contributed by atoms with E-state index in [0.717, 1.165) is 23.4 Å². The first-order valence-corrected chi connectivity index (χ1v) is 8.48. The maximum absolute atomic E-state index is 13.8. The molecule has 1 fully saturated rings. The first-order valence-electron chi connectivity index (χ1n) is 8.48. The Morgan fingerprint density at radius 2 is 2.31 bits per heavy atom. The van der Waals surface area contributed by atoms with Gasteiger partial charge in [0, 0.05) is 18.7 Å². The third-order valence-electron chi connectivity index (χ3n) is 4.80. The largest absolute Gasteiger partial charge is 0.371 e. The van der Waals surface area contributed by atoms with Crippen molar-refractivity contribution in [1.29, 1.82) is 0 Å². The Hall–Kier alpha value is -2.74. The summed E-state index contributed by atoms with van der Waals surface area (Å²) in [7, 11) is 0. The van der Waals surface area contributed by atoms with Crippen LogP contribution in [0.25, 0.3) is 11.0 Å². The molecule has 2 aromatic heterocycles. The molecule has 0 spiro atoms. The van der Waals surface area contributed by atoms with Crippen molar-refractivity contribution < 1.29 is 18.4 Å². The molecular weight excluding hydrogens is 339 g/mol. The fourth-order valence-electron chi connectivity index (χ4n) is 3.31. The number of halogens is 1. The van der Waals surface area contributed by atoms with Crippen molar-refractivity contribution in [3.05, 3.63) is 46.9 Å². The fraction of sp³-hybridized carbons (Fsp3) is 0.389. The van der Waals surface area contributed by atoms with Gasteiger partial charge in [0.05, 0.1) is 35.8 Å². The van der Waals surface area contributed by atoms with E-state index in [4.69, 9.17) is 9.26 Å². The number of ether oxygens (including phenoxy) is 1. The molecule has 1 unspecified atom stereocenters. The number of amides is 1. The summed E-state index contributed by atoms with van der Waals surface area (Å²) in [5.74, 6) is 0.0506. The molecule has 4 rings (SSSR count). The maximum atomic E-state index is 13.8. The van der Waals surface area contributed by atoms with E-state index in [-0.39, 0.29) is 17.6 Å². The van der Waals surface area contributed by atoms with Crippen LogP contribution in [0, 0.1) is 19.7 Å². The second-order valence-corrected chi connectivity index (χ2v) is 6.53. The normalized spacial score (nSPS) is 17.3. The van der Waals surface area contributed by atoms with Crippen molar-refractivity contribution in [2.24, 2.45) is 0 Å². The summed E-state index contributed by atoms with van der Waals surface area (Å²) >= 11 is 0. The van der Waals surface area contributed by atoms with Gasteiger partial charge < -0.3 is 19.1 Å². The quantitative estimate of drug-likeness (QED) is 0.775. The number of aryl methyl sites for hydroxylation is 2. The highest BCUT2D eigenvalue weighted by Gasteiger charge is 2.29. The van der Waals surface area contributed by atoms with E-state index in [1.54, 1.807) is 4.90 Å². The van der Waals surface area contributed by atoms with E-state index in [1.165, 1.54) is 18.5 Å². The number of nitrogens with zero attached hydrogens (tertiary/aromatic N) is 3. The van der Waals surface area contributed by atoms with Crippen LogP contribution in [-0.2, 0) is 11.3 Å². The minimum absolute atomic E-state index is 0.0733. The highest BCUT2D eigenvalue weighted by molar-refractivity contribution is 6.04. The van der Waals surface area contributed by atoms with Gasteiger partial charge in [0.1, 0.15) is 17.1 Å².